The number of hydrogen-bond acceptors (Lipinski definition) is 5. The van der Waals surface area contributed by atoms with E-state index in [9.17, 15) is 9.59 Å². The number of aryl methyl sites for hydroxylation is 1. The van der Waals surface area contributed by atoms with Crippen LogP contribution < -0.4 is 10.1 Å². The summed E-state index contributed by atoms with van der Waals surface area (Å²) in [5.41, 5.74) is 2.16. The maximum absolute atomic E-state index is 12.6. The lowest BCUT2D eigenvalue weighted by Crippen LogP contribution is -2.41. The quantitative estimate of drug-likeness (QED) is 0.899. The van der Waals surface area contributed by atoms with Gasteiger partial charge in [-0.15, -0.1) is 0 Å². The zero-order chi connectivity index (χ0) is 17.8. The summed E-state index contributed by atoms with van der Waals surface area (Å²) in [4.78, 5) is 34.4. The monoisotopic (exact) mass is 340 g/mol. The number of carbonyl (C=O) groups is 2. The summed E-state index contributed by atoms with van der Waals surface area (Å²) in [6, 6.07) is 8.99. The van der Waals surface area contributed by atoms with Crippen LogP contribution in [-0.2, 0) is 16.1 Å². The molecule has 1 atom stereocenters. The van der Waals surface area contributed by atoms with Crippen LogP contribution in [0.2, 0.25) is 0 Å². The molecule has 0 saturated carbocycles. The highest BCUT2D eigenvalue weighted by molar-refractivity contribution is 5.98. The molecule has 3 rings (SSSR count). The van der Waals surface area contributed by atoms with E-state index >= 15 is 0 Å². The minimum atomic E-state index is -0.505. The van der Waals surface area contributed by atoms with Gasteiger partial charge in [0, 0.05) is 19.0 Å². The molecule has 2 amide bonds. The molecule has 130 valence electrons. The average Bonchev–Trinajstić information content (AvgIpc) is 2.98. The molecule has 1 aliphatic rings. The largest absolute Gasteiger partial charge is 0.481 e. The van der Waals surface area contributed by atoms with Crippen molar-refractivity contribution in [3.05, 3.63) is 47.8 Å². The normalized spacial score (nSPS) is 16.8. The summed E-state index contributed by atoms with van der Waals surface area (Å²) >= 11 is 0. The highest BCUT2D eigenvalue weighted by Crippen LogP contribution is 2.23. The van der Waals surface area contributed by atoms with Gasteiger partial charge in [0.2, 0.25) is 17.7 Å². The van der Waals surface area contributed by atoms with Gasteiger partial charge in [-0.2, -0.15) is 0 Å². The molecular weight excluding hydrogens is 320 g/mol. The van der Waals surface area contributed by atoms with Gasteiger partial charge in [0.1, 0.15) is 18.2 Å². The van der Waals surface area contributed by atoms with E-state index in [1.165, 1.54) is 13.4 Å². The van der Waals surface area contributed by atoms with Crippen molar-refractivity contribution in [2.45, 2.75) is 32.4 Å². The van der Waals surface area contributed by atoms with E-state index < -0.39 is 6.04 Å². The molecule has 0 bridgehead atoms. The van der Waals surface area contributed by atoms with Gasteiger partial charge in [0.25, 0.3) is 0 Å². The van der Waals surface area contributed by atoms with E-state index in [-0.39, 0.29) is 11.8 Å². The Kier molecular flexibility index (Phi) is 4.92. The second-order valence-corrected chi connectivity index (χ2v) is 6.00. The van der Waals surface area contributed by atoms with Crippen molar-refractivity contribution in [1.82, 2.24) is 14.9 Å². The van der Waals surface area contributed by atoms with Crippen LogP contribution in [0.4, 0.5) is 5.82 Å². The fourth-order valence-electron chi connectivity index (χ4n) is 2.82. The van der Waals surface area contributed by atoms with E-state index in [0.717, 1.165) is 11.1 Å². The Morgan fingerprint density at radius 3 is 2.80 bits per heavy atom. The molecule has 1 N–H and O–H groups in total. The predicted octanol–water partition coefficient (Wildman–Crippen LogP) is 1.92. The Bertz CT molecular complexity index is 776. The van der Waals surface area contributed by atoms with Crippen LogP contribution in [0.3, 0.4) is 0 Å². The summed E-state index contributed by atoms with van der Waals surface area (Å²) in [6.07, 6.45) is 2.19. The van der Waals surface area contributed by atoms with Gasteiger partial charge in [-0.05, 0) is 18.9 Å². The summed E-state index contributed by atoms with van der Waals surface area (Å²) in [6.45, 7) is 2.43. The van der Waals surface area contributed by atoms with Gasteiger partial charge >= 0.3 is 0 Å². The van der Waals surface area contributed by atoms with E-state index in [4.69, 9.17) is 4.74 Å². The van der Waals surface area contributed by atoms with Crippen LogP contribution in [0.1, 0.15) is 24.0 Å². The van der Waals surface area contributed by atoms with Crippen molar-refractivity contribution < 1.29 is 14.3 Å². The molecule has 0 aliphatic carbocycles. The summed E-state index contributed by atoms with van der Waals surface area (Å²) in [7, 11) is 1.49. The molecule has 1 saturated heterocycles. The number of likely N-dealkylation sites (tertiary alicyclic amines) is 1. The zero-order valence-electron chi connectivity index (χ0n) is 14.2. The van der Waals surface area contributed by atoms with Crippen LogP contribution in [0.15, 0.2) is 36.7 Å². The Morgan fingerprint density at radius 1 is 1.32 bits per heavy atom. The number of nitrogens with zero attached hydrogens (tertiary/aromatic N) is 3. The highest BCUT2D eigenvalue weighted by atomic mass is 16.5. The molecule has 2 heterocycles. The first-order valence-electron chi connectivity index (χ1n) is 8.09. The molecular formula is C18H20N4O3. The summed E-state index contributed by atoms with van der Waals surface area (Å²) < 4.78 is 5.02. The topological polar surface area (TPSA) is 84.4 Å². The molecule has 7 nitrogen and oxygen atoms in total. The smallest absolute Gasteiger partial charge is 0.248 e. The van der Waals surface area contributed by atoms with Crippen LogP contribution in [0.25, 0.3) is 0 Å². The standard InChI is InChI=1S/C18H20N4O3/c1-12-3-5-13(6-4-12)10-22-14(7-8-17(22)23)18(24)21-15-9-16(25-2)20-11-19-15/h3-6,9,11,14H,7-8,10H2,1-2H3,(H,19,20,21,24). The van der Waals surface area contributed by atoms with Crippen molar-refractivity contribution in [2.24, 2.45) is 0 Å². The summed E-state index contributed by atoms with van der Waals surface area (Å²) in [5, 5.41) is 2.74. The first kappa shape index (κ1) is 16.9. The first-order valence-corrected chi connectivity index (χ1v) is 8.09. The van der Waals surface area contributed by atoms with E-state index in [1.807, 2.05) is 31.2 Å². The van der Waals surface area contributed by atoms with Gasteiger partial charge in [0.05, 0.1) is 7.11 Å². The number of aromatic nitrogens is 2. The molecule has 25 heavy (non-hydrogen) atoms. The fourth-order valence-corrected chi connectivity index (χ4v) is 2.82. The van der Waals surface area contributed by atoms with Gasteiger partial charge in [-0.3, -0.25) is 9.59 Å². The molecule has 1 aliphatic heterocycles. The average molecular weight is 340 g/mol. The minimum Gasteiger partial charge on any atom is -0.481 e. The van der Waals surface area contributed by atoms with Crippen LogP contribution in [0.5, 0.6) is 5.88 Å². The first-order chi connectivity index (χ1) is 12.1. The maximum Gasteiger partial charge on any atom is 0.248 e. The van der Waals surface area contributed by atoms with Crippen LogP contribution in [0, 0.1) is 6.92 Å². The van der Waals surface area contributed by atoms with Gasteiger partial charge < -0.3 is 15.0 Å². The molecule has 1 aromatic carbocycles. The van der Waals surface area contributed by atoms with E-state index in [1.54, 1.807) is 11.0 Å². The number of amides is 2. The minimum absolute atomic E-state index is 0.0130. The van der Waals surface area contributed by atoms with Gasteiger partial charge in [-0.1, -0.05) is 29.8 Å². The molecule has 2 aromatic rings. The molecule has 0 spiro atoms. The van der Waals surface area contributed by atoms with Crippen molar-refractivity contribution in [3.63, 3.8) is 0 Å². The number of rotatable bonds is 5. The van der Waals surface area contributed by atoms with Crippen LogP contribution >= 0.6 is 0 Å². The number of anilines is 1. The van der Waals surface area contributed by atoms with Crippen molar-refractivity contribution in [2.75, 3.05) is 12.4 Å². The second kappa shape index (κ2) is 7.29. The number of ether oxygens (including phenoxy) is 1. The molecule has 7 heteroatoms. The molecule has 1 unspecified atom stereocenters. The van der Waals surface area contributed by atoms with Crippen molar-refractivity contribution in [3.8, 4) is 5.88 Å². The highest BCUT2D eigenvalue weighted by Gasteiger charge is 2.36. The van der Waals surface area contributed by atoms with Crippen molar-refractivity contribution in [1.29, 1.82) is 0 Å². The Balaban J connectivity index is 1.71. The van der Waals surface area contributed by atoms with Crippen LogP contribution in [-0.4, -0.2) is 39.8 Å². The number of benzene rings is 1. The second-order valence-electron chi connectivity index (χ2n) is 6.00. The third kappa shape index (κ3) is 3.93. The third-order valence-corrected chi connectivity index (χ3v) is 4.21. The maximum atomic E-state index is 12.6. The molecule has 1 fully saturated rings. The molecule has 0 radical (unpaired) electrons. The SMILES string of the molecule is COc1cc(NC(=O)C2CCC(=O)N2Cc2ccc(C)cc2)ncn1. The van der Waals surface area contributed by atoms with E-state index in [0.29, 0.717) is 31.1 Å². The predicted molar refractivity (Wildman–Crippen MR) is 92.0 cm³/mol. The van der Waals surface area contributed by atoms with Gasteiger partial charge in [-0.25, -0.2) is 9.97 Å². The van der Waals surface area contributed by atoms with E-state index in [2.05, 4.69) is 15.3 Å². The lowest BCUT2D eigenvalue weighted by atomic mass is 10.1. The lowest BCUT2D eigenvalue weighted by molar-refractivity contribution is -0.133. The Hall–Kier alpha value is -2.96. The number of carbonyl (C=O) groups excluding carboxylic acids is 2. The Morgan fingerprint density at radius 2 is 2.08 bits per heavy atom. The molecule has 1 aromatic heterocycles. The summed E-state index contributed by atoms with van der Waals surface area (Å²) in [5.74, 6) is 0.454. The number of hydrogen-bond donors (Lipinski definition) is 1. The van der Waals surface area contributed by atoms with Crippen molar-refractivity contribution >= 4 is 17.6 Å². The van der Waals surface area contributed by atoms with Gasteiger partial charge in [0.15, 0.2) is 0 Å². The third-order valence-electron chi connectivity index (χ3n) is 4.21. The Labute approximate surface area is 146 Å². The zero-order valence-corrected chi connectivity index (χ0v) is 14.2. The fraction of sp³-hybridized carbons (Fsp3) is 0.333. The number of methoxy groups -OCH3 is 1. The lowest BCUT2D eigenvalue weighted by Gasteiger charge is -2.24. The number of nitrogens with one attached hydrogen (secondary N) is 1.